The molecule has 0 radical (unpaired) electrons. The SMILES string of the molecule is CN1CCN(c2cnn(CC(O)CCl)c(=O)c2)CC1. The minimum atomic E-state index is -0.749. The summed E-state index contributed by atoms with van der Waals surface area (Å²) in [6.45, 7) is 3.88. The Morgan fingerprint density at radius 2 is 2.11 bits per heavy atom. The van der Waals surface area contributed by atoms with Gasteiger partial charge in [0.05, 0.1) is 30.4 Å². The smallest absolute Gasteiger partial charge is 0.268 e. The van der Waals surface area contributed by atoms with Crippen LogP contribution in [-0.2, 0) is 6.54 Å². The van der Waals surface area contributed by atoms with E-state index in [-0.39, 0.29) is 18.0 Å². The molecule has 1 N–H and O–H groups in total. The molecule has 1 aromatic rings. The van der Waals surface area contributed by atoms with Crippen LogP contribution in [0.5, 0.6) is 0 Å². The zero-order valence-electron chi connectivity index (χ0n) is 11.0. The number of aliphatic hydroxyl groups is 1. The van der Waals surface area contributed by atoms with E-state index in [0.717, 1.165) is 31.9 Å². The zero-order chi connectivity index (χ0) is 13.8. The standard InChI is InChI=1S/C12H19ClN4O2/c1-15-2-4-16(5-3-15)10-6-12(19)17(14-8-10)9-11(18)7-13/h6,8,11,18H,2-5,7,9H2,1H3. The molecule has 0 aliphatic carbocycles. The molecule has 2 rings (SSSR count). The lowest BCUT2D eigenvalue weighted by atomic mass is 10.3. The van der Waals surface area contributed by atoms with E-state index in [1.165, 1.54) is 4.68 Å². The summed E-state index contributed by atoms with van der Waals surface area (Å²) in [5, 5.41) is 13.5. The van der Waals surface area contributed by atoms with E-state index >= 15 is 0 Å². The summed E-state index contributed by atoms with van der Waals surface area (Å²) in [6, 6.07) is 1.57. The highest BCUT2D eigenvalue weighted by molar-refractivity contribution is 6.18. The highest BCUT2D eigenvalue weighted by Gasteiger charge is 2.15. The van der Waals surface area contributed by atoms with Crippen LogP contribution in [0.3, 0.4) is 0 Å². The van der Waals surface area contributed by atoms with Crippen LogP contribution in [0.15, 0.2) is 17.1 Å². The molecular formula is C12H19ClN4O2. The monoisotopic (exact) mass is 286 g/mol. The van der Waals surface area contributed by atoms with Crippen molar-refractivity contribution in [3.8, 4) is 0 Å². The van der Waals surface area contributed by atoms with Gasteiger partial charge in [0.2, 0.25) is 0 Å². The molecule has 19 heavy (non-hydrogen) atoms. The molecule has 0 bridgehead atoms. The van der Waals surface area contributed by atoms with Crippen molar-refractivity contribution in [2.24, 2.45) is 0 Å². The van der Waals surface area contributed by atoms with Crippen molar-refractivity contribution in [2.45, 2.75) is 12.6 Å². The molecular weight excluding hydrogens is 268 g/mol. The average molecular weight is 287 g/mol. The molecule has 2 heterocycles. The molecule has 0 saturated carbocycles. The minimum Gasteiger partial charge on any atom is -0.390 e. The summed E-state index contributed by atoms with van der Waals surface area (Å²) in [5.74, 6) is 0.0916. The number of halogens is 1. The van der Waals surface area contributed by atoms with Crippen molar-refractivity contribution in [2.75, 3.05) is 44.0 Å². The van der Waals surface area contributed by atoms with Crippen molar-refractivity contribution >= 4 is 17.3 Å². The molecule has 106 valence electrons. The van der Waals surface area contributed by atoms with Crippen LogP contribution in [0.25, 0.3) is 0 Å². The summed E-state index contributed by atoms with van der Waals surface area (Å²) in [4.78, 5) is 16.3. The van der Waals surface area contributed by atoms with E-state index in [0.29, 0.717) is 0 Å². The molecule has 1 aliphatic rings. The normalized spacial score (nSPS) is 18.6. The quantitative estimate of drug-likeness (QED) is 0.763. The van der Waals surface area contributed by atoms with Gasteiger partial charge in [0, 0.05) is 32.2 Å². The molecule has 1 unspecified atom stereocenters. The Bertz CT molecular complexity index is 471. The molecule has 1 aromatic heterocycles. The minimum absolute atomic E-state index is 0.0916. The van der Waals surface area contributed by atoms with E-state index in [4.69, 9.17) is 11.6 Å². The number of hydrogen-bond acceptors (Lipinski definition) is 5. The van der Waals surface area contributed by atoms with Gasteiger partial charge in [-0.3, -0.25) is 4.79 Å². The number of alkyl halides is 1. The second-order valence-electron chi connectivity index (χ2n) is 4.83. The fraction of sp³-hybridized carbons (Fsp3) is 0.667. The van der Waals surface area contributed by atoms with Crippen LogP contribution in [0.1, 0.15) is 0 Å². The van der Waals surface area contributed by atoms with Gasteiger partial charge in [-0.1, -0.05) is 0 Å². The van der Waals surface area contributed by atoms with Crippen LogP contribution in [-0.4, -0.2) is 65.0 Å². The first-order chi connectivity index (χ1) is 9.10. The van der Waals surface area contributed by atoms with Crippen LogP contribution in [0, 0.1) is 0 Å². The van der Waals surface area contributed by atoms with E-state index in [1.54, 1.807) is 12.3 Å². The maximum Gasteiger partial charge on any atom is 0.268 e. The van der Waals surface area contributed by atoms with Crippen molar-refractivity contribution in [3.63, 3.8) is 0 Å². The van der Waals surface area contributed by atoms with Gasteiger partial charge in [-0.05, 0) is 7.05 Å². The lowest BCUT2D eigenvalue weighted by Gasteiger charge is -2.33. The molecule has 0 aromatic carbocycles. The Hall–Kier alpha value is -1.11. The van der Waals surface area contributed by atoms with Crippen LogP contribution in [0.4, 0.5) is 5.69 Å². The highest BCUT2D eigenvalue weighted by atomic mass is 35.5. The summed E-state index contributed by atoms with van der Waals surface area (Å²) in [7, 11) is 2.08. The van der Waals surface area contributed by atoms with Gasteiger partial charge in [-0.25, -0.2) is 4.68 Å². The fourth-order valence-corrected chi connectivity index (χ4v) is 2.14. The first-order valence-electron chi connectivity index (χ1n) is 6.35. The Kier molecular flexibility index (Phi) is 4.79. The average Bonchev–Trinajstić information content (AvgIpc) is 2.41. The van der Waals surface area contributed by atoms with Crippen molar-refractivity contribution < 1.29 is 5.11 Å². The van der Waals surface area contributed by atoms with Gasteiger partial charge in [0.15, 0.2) is 0 Å². The zero-order valence-corrected chi connectivity index (χ0v) is 11.8. The number of nitrogens with zero attached hydrogens (tertiary/aromatic N) is 4. The third-order valence-corrected chi connectivity index (χ3v) is 3.64. The Morgan fingerprint density at radius 1 is 1.42 bits per heavy atom. The Labute approximate surface area is 117 Å². The summed E-state index contributed by atoms with van der Waals surface area (Å²) >= 11 is 5.51. The maximum atomic E-state index is 11.9. The van der Waals surface area contributed by atoms with Gasteiger partial charge in [0.25, 0.3) is 5.56 Å². The number of rotatable bonds is 4. The number of aliphatic hydroxyl groups excluding tert-OH is 1. The molecule has 1 aliphatic heterocycles. The second kappa shape index (κ2) is 6.36. The summed E-state index contributed by atoms with van der Waals surface area (Å²) < 4.78 is 1.24. The van der Waals surface area contributed by atoms with E-state index in [2.05, 4.69) is 21.9 Å². The van der Waals surface area contributed by atoms with Crippen LogP contribution < -0.4 is 10.5 Å². The number of piperazine rings is 1. The van der Waals surface area contributed by atoms with E-state index < -0.39 is 6.10 Å². The highest BCUT2D eigenvalue weighted by Crippen LogP contribution is 2.12. The fourth-order valence-electron chi connectivity index (χ4n) is 2.05. The Morgan fingerprint density at radius 3 is 2.68 bits per heavy atom. The Balaban J connectivity index is 2.08. The van der Waals surface area contributed by atoms with Gasteiger partial charge >= 0.3 is 0 Å². The third kappa shape index (κ3) is 3.68. The van der Waals surface area contributed by atoms with Crippen molar-refractivity contribution in [3.05, 3.63) is 22.6 Å². The van der Waals surface area contributed by atoms with Gasteiger partial charge in [-0.2, -0.15) is 5.10 Å². The molecule has 1 fully saturated rings. The second-order valence-corrected chi connectivity index (χ2v) is 5.14. The summed E-state index contributed by atoms with van der Waals surface area (Å²) in [6.07, 6.45) is 0.926. The van der Waals surface area contributed by atoms with E-state index in [9.17, 15) is 9.90 Å². The molecule has 0 amide bonds. The lowest BCUT2D eigenvalue weighted by molar-refractivity contribution is 0.169. The maximum absolute atomic E-state index is 11.9. The first-order valence-corrected chi connectivity index (χ1v) is 6.88. The van der Waals surface area contributed by atoms with Crippen molar-refractivity contribution in [1.82, 2.24) is 14.7 Å². The molecule has 6 nitrogen and oxygen atoms in total. The van der Waals surface area contributed by atoms with Crippen molar-refractivity contribution in [1.29, 1.82) is 0 Å². The number of anilines is 1. The molecule has 0 spiro atoms. The largest absolute Gasteiger partial charge is 0.390 e. The number of likely N-dealkylation sites (N-methyl/N-ethyl adjacent to an activating group) is 1. The van der Waals surface area contributed by atoms with Gasteiger partial charge < -0.3 is 14.9 Å². The van der Waals surface area contributed by atoms with Gasteiger partial charge in [-0.15, -0.1) is 11.6 Å². The molecule has 1 atom stereocenters. The molecule has 1 saturated heterocycles. The lowest BCUT2D eigenvalue weighted by Crippen LogP contribution is -2.45. The summed E-state index contributed by atoms with van der Waals surface area (Å²) in [5.41, 5.74) is 0.635. The number of aromatic nitrogens is 2. The topological polar surface area (TPSA) is 61.6 Å². The van der Waals surface area contributed by atoms with Crippen LogP contribution >= 0.6 is 11.6 Å². The van der Waals surface area contributed by atoms with Crippen LogP contribution in [0.2, 0.25) is 0 Å². The van der Waals surface area contributed by atoms with E-state index in [1.807, 2.05) is 0 Å². The predicted octanol–water partition coefficient (Wildman–Crippen LogP) is -0.405. The molecule has 7 heteroatoms. The third-order valence-electron chi connectivity index (χ3n) is 3.29. The first kappa shape index (κ1) is 14.3. The van der Waals surface area contributed by atoms with Gasteiger partial charge in [0.1, 0.15) is 0 Å². The number of hydrogen-bond donors (Lipinski definition) is 1. The predicted molar refractivity (Wildman–Crippen MR) is 74.9 cm³/mol.